The normalized spacial score (nSPS) is 12.0. The minimum absolute atomic E-state index is 0.947. The van der Waals surface area contributed by atoms with E-state index in [1.165, 1.54) is 54.8 Å². The molecule has 0 aliphatic heterocycles. The van der Waals surface area contributed by atoms with Gasteiger partial charge in [-0.3, -0.25) is 0 Å². The fourth-order valence-electron chi connectivity index (χ4n) is 4.93. The highest BCUT2D eigenvalue weighted by Crippen LogP contribution is 2.39. The van der Waals surface area contributed by atoms with E-state index in [-0.39, 0.29) is 0 Å². The Morgan fingerprint density at radius 2 is 1.43 bits per heavy atom. The molecule has 0 aliphatic carbocycles. The smallest absolute Gasteiger partial charge is 0.136 e. The minimum atomic E-state index is 0.947. The molecule has 2 nitrogen and oxygen atoms in total. The Bertz CT molecular complexity index is 1600. The minimum Gasteiger partial charge on any atom is -0.456 e. The number of hydrogen-bond acceptors (Lipinski definition) is 1. The van der Waals surface area contributed by atoms with Crippen LogP contribution in [0.1, 0.15) is 18.1 Å². The molecule has 0 aliphatic rings. The Hall–Kier alpha value is -3.52. The number of furan rings is 1. The van der Waals surface area contributed by atoms with Gasteiger partial charge in [-0.2, -0.15) is 0 Å². The van der Waals surface area contributed by atoms with Gasteiger partial charge in [-0.25, -0.2) is 0 Å². The lowest BCUT2D eigenvalue weighted by Gasteiger charge is -2.12. The van der Waals surface area contributed by atoms with Crippen LogP contribution >= 0.6 is 0 Å². The topological polar surface area (TPSA) is 18.1 Å². The van der Waals surface area contributed by atoms with Gasteiger partial charge in [-0.05, 0) is 65.9 Å². The van der Waals surface area contributed by atoms with E-state index in [0.29, 0.717) is 0 Å². The molecule has 0 unspecified atom stereocenters. The first-order chi connectivity index (χ1) is 14.7. The largest absolute Gasteiger partial charge is 0.456 e. The zero-order chi connectivity index (χ0) is 20.4. The molecule has 6 rings (SSSR count). The van der Waals surface area contributed by atoms with Crippen molar-refractivity contribution < 1.29 is 4.42 Å². The summed E-state index contributed by atoms with van der Waals surface area (Å²) in [5, 5.41) is 4.91. The molecule has 0 bridgehead atoms. The Morgan fingerprint density at radius 3 is 2.27 bits per heavy atom. The van der Waals surface area contributed by atoms with Crippen LogP contribution in [0.3, 0.4) is 0 Å². The highest BCUT2D eigenvalue weighted by atomic mass is 16.3. The molecular formula is C28H23NO. The average Bonchev–Trinajstić information content (AvgIpc) is 3.27. The third-order valence-electron chi connectivity index (χ3n) is 6.55. The van der Waals surface area contributed by atoms with Crippen molar-refractivity contribution in [1.82, 2.24) is 4.57 Å². The second-order valence-electron chi connectivity index (χ2n) is 8.22. The molecule has 0 radical (unpaired) electrons. The van der Waals surface area contributed by atoms with Crippen molar-refractivity contribution in [3.05, 3.63) is 83.9 Å². The van der Waals surface area contributed by atoms with E-state index in [2.05, 4.69) is 86.1 Å². The Balaban J connectivity index is 1.72. The lowest BCUT2D eigenvalue weighted by Crippen LogP contribution is -1.93. The summed E-state index contributed by atoms with van der Waals surface area (Å²) >= 11 is 0. The molecule has 0 N–H and O–H groups in total. The van der Waals surface area contributed by atoms with E-state index < -0.39 is 0 Å². The van der Waals surface area contributed by atoms with E-state index in [1.54, 1.807) is 0 Å². The molecule has 0 spiro atoms. The summed E-state index contributed by atoms with van der Waals surface area (Å²) in [5.41, 5.74) is 9.76. The van der Waals surface area contributed by atoms with Gasteiger partial charge in [0.25, 0.3) is 0 Å². The number of rotatable bonds is 2. The van der Waals surface area contributed by atoms with Gasteiger partial charge in [0.05, 0.1) is 0 Å². The van der Waals surface area contributed by atoms with Crippen LogP contribution in [0.4, 0.5) is 0 Å². The zero-order valence-corrected chi connectivity index (χ0v) is 17.5. The molecular weight excluding hydrogens is 366 g/mol. The van der Waals surface area contributed by atoms with Crippen LogP contribution in [0.25, 0.3) is 54.9 Å². The standard InChI is InChI=1S/C28H23NO/c1-4-18-13-22-23-16-28-24(20-11-7-8-12-27(20)30-28)15-26(23)29(3)25(22)14-21(18)19-10-6-5-9-17(19)2/h5-16H,4H2,1-3H3. The highest BCUT2D eigenvalue weighted by molar-refractivity contribution is 6.17. The van der Waals surface area contributed by atoms with Crippen LogP contribution in [-0.2, 0) is 13.5 Å². The van der Waals surface area contributed by atoms with Gasteiger partial charge in [0.15, 0.2) is 0 Å². The molecule has 146 valence electrons. The maximum atomic E-state index is 6.17. The van der Waals surface area contributed by atoms with Gasteiger partial charge in [0, 0.05) is 39.6 Å². The van der Waals surface area contributed by atoms with Crippen molar-refractivity contribution in [3.63, 3.8) is 0 Å². The van der Waals surface area contributed by atoms with Crippen molar-refractivity contribution in [2.75, 3.05) is 0 Å². The second-order valence-corrected chi connectivity index (χ2v) is 8.22. The maximum Gasteiger partial charge on any atom is 0.136 e. The quantitative estimate of drug-likeness (QED) is 0.296. The van der Waals surface area contributed by atoms with Gasteiger partial charge in [0.2, 0.25) is 0 Å². The number of fused-ring (bicyclic) bond motifs is 6. The first-order valence-electron chi connectivity index (χ1n) is 10.6. The number of benzene rings is 4. The van der Waals surface area contributed by atoms with E-state index in [0.717, 1.165) is 17.6 Å². The fraction of sp³-hybridized carbons (Fsp3) is 0.143. The molecule has 2 heterocycles. The second kappa shape index (κ2) is 6.24. The lowest BCUT2D eigenvalue weighted by atomic mass is 9.93. The lowest BCUT2D eigenvalue weighted by molar-refractivity contribution is 0.669. The van der Waals surface area contributed by atoms with Crippen molar-refractivity contribution in [3.8, 4) is 11.1 Å². The molecule has 0 amide bonds. The van der Waals surface area contributed by atoms with Crippen molar-refractivity contribution in [1.29, 1.82) is 0 Å². The number of nitrogens with zero attached hydrogens (tertiary/aromatic N) is 1. The summed E-state index contributed by atoms with van der Waals surface area (Å²) in [6, 6.07) is 26.2. The van der Waals surface area contributed by atoms with Crippen LogP contribution < -0.4 is 0 Å². The van der Waals surface area contributed by atoms with Gasteiger partial charge >= 0.3 is 0 Å². The number of aryl methyl sites for hydroxylation is 3. The highest BCUT2D eigenvalue weighted by Gasteiger charge is 2.16. The summed E-state index contributed by atoms with van der Waals surface area (Å²) in [6.45, 7) is 4.44. The molecule has 0 fully saturated rings. The van der Waals surface area contributed by atoms with Crippen molar-refractivity contribution in [2.24, 2.45) is 7.05 Å². The SMILES string of the molecule is CCc1cc2c3cc4oc5ccccc5c4cc3n(C)c2cc1-c1ccccc1C. The van der Waals surface area contributed by atoms with Crippen molar-refractivity contribution >= 4 is 43.7 Å². The van der Waals surface area contributed by atoms with Crippen LogP contribution in [-0.4, -0.2) is 4.57 Å². The molecule has 2 heteroatoms. The van der Waals surface area contributed by atoms with E-state index in [9.17, 15) is 0 Å². The van der Waals surface area contributed by atoms with E-state index >= 15 is 0 Å². The van der Waals surface area contributed by atoms with Gasteiger partial charge in [-0.1, -0.05) is 49.4 Å². The van der Waals surface area contributed by atoms with Crippen LogP contribution in [0.2, 0.25) is 0 Å². The predicted octanol–water partition coefficient (Wildman–Crippen LogP) is 7.77. The van der Waals surface area contributed by atoms with Crippen LogP contribution in [0.5, 0.6) is 0 Å². The zero-order valence-electron chi connectivity index (χ0n) is 17.5. The third-order valence-corrected chi connectivity index (χ3v) is 6.55. The predicted molar refractivity (Wildman–Crippen MR) is 127 cm³/mol. The summed E-state index contributed by atoms with van der Waals surface area (Å²) in [4.78, 5) is 0. The fourth-order valence-corrected chi connectivity index (χ4v) is 4.93. The van der Waals surface area contributed by atoms with Gasteiger partial charge in [0.1, 0.15) is 11.2 Å². The van der Waals surface area contributed by atoms with Gasteiger partial charge < -0.3 is 8.98 Å². The molecule has 0 saturated carbocycles. The van der Waals surface area contributed by atoms with Gasteiger partial charge in [-0.15, -0.1) is 0 Å². The monoisotopic (exact) mass is 389 g/mol. The molecule has 0 saturated heterocycles. The first-order valence-corrected chi connectivity index (χ1v) is 10.6. The van der Waals surface area contributed by atoms with Crippen molar-refractivity contribution in [2.45, 2.75) is 20.3 Å². The van der Waals surface area contributed by atoms with E-state index in [1.807, 2.05) is 12.1 Å². The van der Waals surface area contributed by atoms with Crippen LogP contribution in [0.15, 0.2) is 77.2 Å². The molecule has 2 aromatic heterocycles. The molecule has 6 aromatic rings. The third kappa shape index (κ3) is 2.31. The Morgan fingerprint density at radius 1 is 0.700 bits per heavy atom. The maximum absolute atomic E-state index is 6.17. The van der Waals surface area contributed by atoms with Crippen LogP contribution in [0, 0.1) is 6.92 Å². The number of para-hydroxylation sites is 1. The summed E-state index contributed by atoms with van der Waals surface area (Å²) in [5.74, 6) is 0. The Labute approximate surface area is 175 Å². The summed E-state index contributed by atoms with van der Waals surface area (Å²) in [6.07, 6.45) is 1.00. The summed E-state index contributed by atoms with van der Waals surface area (Å²) < 4.78 is 8.50. The number of hydrogen-bond donors (Lipinski definition) is 0. The summed E-state index contributed by atoms with van der Waals surface area (Å²) in [7, 11) is 2.17. The molecule has 30 heavy (non-hydrogen) atoms. The van der Waals surface area contributed by atoms with E-state index in [4.69, 9.17) is 4.42 Å². The molecule has 4 aromatic carbocycles. The first kappa shape index (κ1) is 17.3. The molecule has 0 atom stereocenters. The Kier molecular flexibility index (Phi) is 3.61. The average molecular weight is 389 g/mol. The number of aromatic nitrogens is 1.